The maximum absolute atomic E-state index is 5.16. The van der Waals surface area contributed by atoms with Gasteiger partial charge >= 0.3 is 0 Å². The van der Waals surface area contributed by atoms with Crippen LogP contribution in [0.2, 0.25) is 0 Å². The molecule has 0 heterocycles. The highest BCUT2D eigenvalue weighted by Crippen LogP contribution is 1.90. The highest BCUT2D eigenvalue weighted by Gasteiger charge is 1.88. The van der Waals surface area contributed by atoms with Crippen molar-refractivity contribution in [1.82, 2.24) is 10.6 Å². The maximum atomic E-state index is 5.16. The van der Waals surface area contributed by atoms with Gasteiger partial charge in [-0.15, -0.1) is 12.3 Å². The number of nitrogens with one attached hydrogen (secondary N) is 2. The Morgan fingerprint density at radius 1 is 0.929 bits per heavy atom. The summed E-state index contributed by atoms with van der Waals surface area (Å²) in [4.78, 5) is 0. The molecule has 2 N–H and O–H groups in total. The first-order chi connectivity index (χ1) is 6.91. The van der Waals surface area contributed by atoms with Crippen molar-refractivity contribution in [2.75, 3.05) is 26.2 Å². The molecule has 2 heteroatoms. The van der Waals surface area contributed by atoms with E-state index in [1.165, 1.54) is 19.3 Å². The molecule has 0 bridgehead atoms. The maximum Gasteiger partial charge on any atom is 0.00865 e. The molecule has 0 saturated carbocycles. The van der Waals surface area contributed by atoms with Crippen molar-refractivity contribution < 1.29 is 0 Å². The molecule has 0 unspecified atom stereocenters. The number of hydrogen-bond donors (Lipinski definition) is 2. The Morgan fingerprint density at radius 3 is 2.21 bits per heavy atom. The summed E-state index contributed by atoms with van der Waals surface area (Å²) in [6, 6.07) is 0. The Bertz CT molecular complexity index is 138. The highest BCUT2D eigenvalue weighted by atomic mass is 14.9. The average molecular weight is 196 g/mol. The largest absolute Gasteiger partial charge is 0.317 e. The van der Waals surface area contributed by atoms with Gasteiger partial charge in [-0.05, 0) is 51.9 Å². The average Bonchev–Trinajstić information content (AvgIpc) is 2.21. The molecule has 82 valence electrons. The Kier molecular flexibility index (Phi) is 12.0. The van der Waals surface area contributed by atoms with Crippen LogP contribution in [-0.2, 0) is 0 Å². The minimum absolute atomic E-state index is 0.916. The first-order valence-corrected chi connectivity index (χ1v) is 5.76. The van der Waals surface area contributed by atoms with Gasteiger partial charge in [0.15, 0.2) is 0 Å². The van der Waals surface area contributed by atoms with Crippen molar-refractivity contribution in [2.45, 2.75) is 39.0 Å². The number of unbranched alkanes of at least 4 members (excludes halogenated alkanes) is 2. The van der Waals surface area contributed by atoms with Gasteiger partial charge in [0.25, 0.3) is 0 Å². The van der Waals surface area contributed by atoms with Crippen LogP contribution in [0, 0.1) is 12.3 Å². The van der Waals surface area contributed by atoms with Crippen LogP contribution >= 0.6 is 0 Å². The van der Waals surface area contributed by atoms with Gasteiger partial charge < -0.3 is 10.6 Å². The van der Waals surface area contributed by atoms with Gasteiger partial charge in [0, 0.05) is 6.42 Å². The smallest absolute Gasteiger partial charge is 0.00865 e. The fourth-order valence-electron chi connectivity index (χ4n) is 1.24. The van der Waals surface area contributed by atoms with Crippen LogP contribution < -0.4 is 10.6 Å². The fourth-order valence-corrected chi connectivity index (χ4v) is 1.24. The fraction of sp³-hybridized carbons (Fsp3) is 0.833. The third-order valence-corrected chi connectivity index (χ3v) is 2.06. The van der Waals surface area contributed by atoms with Crippen molar-refractivity contribution in [2.24, 2.45) is 0 Å². The zero-order valence-electron chi connectivity index (χ0n) is 9.44. The van der Waals surface area contributed by atoms with E-state index in [4.69, 9.17) is 6.42 Å². The van der Waals surface area contributed by atoms with E-state index < -0.39 is 0 Å². The van der Waals surface area contributed by atoms with Crippen molar-refractivity contribution in [3.8, 4) is 12.3 Å². The lowest BCUT2D eigenvalue weighted by Gasteiger charge is -2.04. The topological polar surface area (TPSA) is 24.1 Å². The van der Waals surface area contributed by atoms with Crippen LogP contribution in [-0.4, -0.2) is 26.2 Å². The summed E-state index contributed by atoms with van der Waals surface area (Å²) in [6.45, 7) is 6.69. The summed E-state index contributed by atoms with van der Waals surface area (Å²) < 4.78 is 0. The molecule has 0 aromatic carbocycles. The lowest BCUT2D eigenvalue weighted by Crippen LogP contribution is -2.23. The molecule has 0 aromatic heterocycles. The predicted octanol–water partition coefficient (Wildman–Crippen LogP) is 1.77. The van der Waals surface area contributed by atoms with Crippen LogP contribution in [0.5, 0.6) is 0 Å². The first kappa shape index (κ1) is 13.5. The molecular formula is C12H24N2. The van der Waals surface area contributed by atoms with Crippen molar-refractivity contribution in [3.63, 3.8) is 0 Å². The molecule has 2 nitrogen and oxygen atoms in total. The molecule has 0 aliphatic heterocycles. The minimum atomic E-state index is 0.916. The van der Waals surface area contributed by atoms with Gasteiger partial charge in [-0.25, -0.2) is 0 Å². The molecular weight excluding hydrogens is 172 g/mol. The van der Waals surface area contributed by atoms with E-state index in [0.29, 0.717) is 0 Å². The van der Waals surface area contributed by atoms with Gasteiger partial charge in [0.2, 0.25) is 0 Å². The third-order valence-electron chi connectivity index (χ3n) is 2.06. The second kappa shape index (κ2) is 12.5. The highest BCUT2D eigenvalue weighted by molar-refractivity contribution is 4.82. The Hall–Kier alpha value is -0.520. The molecule has 0 spiro atoms. The summed E-state index contributed by atoms with van der Waals surface area (Å²) in [5.41, 5.74) is 0. The second-order valence-corrected chi connectivity index (χ2v) is 3.51. The Labute approximate surface area is 88.9 Å². The monoisotopic (exact) mass is 196 g/mol. The van der Waals surface area contributed by atoms with Crippen LogP contribution in [0.15, 0.2) is 0 Å². The zero-order valence-corrected chi connectivity index (χ0v) is 9.44. The number of terminal acetylenes is 1. The summed E-state index contributed by atoms with van der Waals surface area (Å²) in [5.74, 6) is 2.66. The van der Waals surface area contributed by atoms with Gasteiger partial charge in [-0.2, -0.15) is 0 Å². The lowest BCUT2D eigenvalue weighted by atomic mass is 10.2. The molecule has 0 saturated heterocycles. The number of hydrogen-bond acceptors (Lipinski definition) is 2. The summed E-state index contributed by atoms with van der Waals surface area (Å²) >= 11 is 0. The standard InChI is InChI=1S/C12H24N2/c1-3-5-6-7-10-14-12-8-11-13-9-4-2/h1,13-14H,4-12H2,2H3. The summed E-state index contributed by atoms with van der Waals surface area (Å²) in [5, 5.41) is 6.79. The number of rotatable bonds is 10. The normalized spacial score (nSPS) is 10.0. The van der Waals surface area contributed by atoms with Crippen LogP contribution in [0.4, 0.5) is 0 Å². The lowest BCUT2D eigenvalue weighted by molar-refractivity contribution is 0.575. The molecule has 0 amide bonds. The summed E-state index contributed by atoms with van der Waals surface area (Å²) in [7, 11) is 0. The van der Waals surface area contributed by atoms with Gasteiger partial charge in [0.1, 0.15) is 0 Å². The van der Waals surface area contributed by atoms with E-state index in [-0.39, 0.29) is 0 Å². The van der Waals surface area contributed by atoms with E-state index in [1.54, 1.807) is 0 Å². The Balaban J connectivity index is 2.82. The molecule has 0 aliphatic carbocycles. The van der Waals surface area contributed by atoms with E-state index in [9.17, 15) is 0 Å². The molecule has 0 radical (unpaired) electrons. The molecule has 14 heavy (non-hydrogen) atoms. The van der Waals surface area contributed by atoms with Crippen LogP contribution in [0.3, 0.4) is 0 Å². The van der Waals surface area contributed by atoms with Crippen LogP contribution in [0.25, 0.3) is 0 Å². The minimum Gasteiger partial charge on any atom is -0.317 e. The quantitative estimate of drug-likeness (QED) is 0.411. The molecule has 0 aromatic rings. The molecule has 0 aliphatic rings. The van der Waals surface area contributed by atoms with E-state index in [2.05, 4.69) is 23.5 Å². The molecule has 0 rings (SSSR count). The van der Waals surface area contributed by atoms with Gasteiger partial charge in [-0.3, -0.25) is 0 Å². The van der Waals surface area contributed by atoms with Crippen molar-refractivity contribution >= 4 is 0 Å². The summed E-state index contributed by atoms with van der Waals surface area (Å²) in [6.07, 6.45) is 10.9. The van der Waals surface area contributed by atoms with Crippen molar-refractivity contribution in [1.29, 1.82) is 0 Å². The third kappa shape index (κ3) is 11.5. The van der Waals surface area contributed by atoms with Gasteiger partial charge in [0.05, 0.1) is 0 Å². The SMILES string of the molecule is C#CCCCCNCCCNCCC. The van der Waals surface area contributed by atoms with E-state index in [1.807, 2.05) is 0 Å². The first-order valence-electron chi connectivity index (χ1n) is 5.76. The van der Waals surface area contributed by atoms with Gasteiger partial charge in [-0.1, -0.05) is 6.92 Å². The van der Waals surface area contributed by atoms with E-state index >= 15 is 0 Å². The van der Waals surface area contributed by atoms with Crippen molar-refractivity contribution in [3.05, 3.63) is 0 Å². The van der Waals surface area contributed by atoms with E-state index in [0.717, 1.165) is 39.0 Å². The predicted molar refractivity (Wildman–Crippen MR) is 63.3 cm³/mol. The molecule has 0 atom stereocenters. The second-order valence-electron chi connectivity index (χ2n) is 3.51. The Morgan fingerprint density at radius 2 is 1.57 bits per heavy atom. The molecule has 0 fully saturated rings. The zero-order chi connectivity index (χ0) is 10.5. The van der Waals surface area contributed by atoms with Crippen LogP contribution in [0.1, 0.15) is 39.0 Å².